The maximum absolute atomic E-state index is 9.47. The van der Waals surface area contributed by atoms with Gasteiger partial charge in [-0.15, -0.1) is 0 Å². The van der Waals surface area contributed by atoms with E-state index in [-0.39, 0.29) is 0 Å². The Hall–Kier alpha value is -0.580. The first-order chi connectivity index (χ1) is 3.42. The second-order valence-electron chi connectivity index (χ2n) is 0.903. The maximum atomic E-state index is 9.47. The smallest absolute Gasteiger partial charge is 0.282 e. The summed E-state index contributed by atoms with van der Waals surface area (Å²) in [6.07, 6.45) is 0. The molecule has 8 heavy (non-hydrogen) atoms. The van der Waals surface area contributed by atoms with Crippen LogP contribution in [-0.2, 0) is 9.09 Å². The molecule has 0 aliphatic rings. The summed E-state index contributed by atoms with van der Waals surface area (Å²) in [6.45, 7) is 0. The first kappa shape index (κ1) is 7.42. The van der Waals surface area contributed by atoms with Gasteiger partial charge in [0.1, 0.15) is 7.82 Å². The minimum Gasteiger partial charge on any atom is -0.780 e. The molecule has 0 aromatic rings. The van der Waals surface area contributed by atoms with Crippen LogP contribution in [0.4, 0.5) is 0 Å². The number of hydrogen-bond donors (Lipinski definition) is 2. The Balaban J connectivity index is 3.74. The van der Waals surface area contributed by atoms with E-state index in [9.17, 15) is 14.4 Å². The molecule has 0 unspecified atom stereocenters. The van der Waals surface area contributed by atoms with Crippen LogP contribution in [0.2, 0.25) is 0 Å². The predicted octanol–water partition coefficient (Wildman–Crippen LogP) is -2.27. The Morgan fingerprint density at radius 1 is 1.75 bits per heavy atom. The van der Waals surface area contributed by atoms with E-state index in [1.54, 1.807) is 0 Å². The van der Waals surface area contributed by atoms with Gasteiger partial charge < -0.3 is 24.6 Å². The zero-order valence-corrected chi connectivity index (χ0v) is 4.55. The van der Waals surface area contributed by atoms with Crippen molar-refractivity contribution in [3.05, 3.63) is 0 Å². The highest BCUT2D eigenvalue weighted by atomic mass is 31.2. The summed E-state index contributed by atoms with van der Waals surface area (Å²) in [7, 11) is -5.07. The number of nitrogens with two attached hydrogens (primary N) is 1. The lowest BCUT2D eigenvalue weighted by Gasteiger charge is -2.27. The van der Waals surface area contributed by atoms with Crippen LogP contribution in [0.3, 0.4) is 0 Å². The van der Waals surface area contributed by atoms with Crippen LogP contribution in [0.25, 0.3) is 0 Å². The summed E-state index contributed by atoms with van der Waals surface area (Å²) < 4.78 is 12.7. The normalized spacial score (nSPS) is 10.8. The van der Waals surface area contributed by atoms with E-state index >= 15 is 0 Å². The highest BCUT2D eigenvalue weighted by molar-refractivity contribution is 7.43. The minimum absolute atomic E-state index is 1.11. The molecule has 48 valence electrons. The Labute approximate surface area is 45.0 Å². The number of phosphoric acid groups is 1. The Kier molecular flexibility index (Phi) is 1.97. The van der Waals surface area contributed by atoms with Gasteiger partial charge in [-0.25, -0.2) is 0 Å². The van der Waals surface area contributed by atoms with Crippen molar-refractivity contribution in [2.75, 3.05) is 0 Å². The topological polar surface area (TPSA) is 122 Å². The van der Waals surface area contributed by atoms with Gasteiger partial charge in [0.25, 0.3) is 6.02 Å². The van der Waals surface area contributed by atoms with E-state index in [0.717, 1.165) is 0 Å². The Morgan fingerprint density at radius 3 is 2.12 bits per heavy atom. The molecule has 0 aromatic heterocycles. The molecule has 0 radical (unpaired) electrons. The van der Waals surface area contributed by atoms with E-state index in [4.69, 9.17) is 5.41 Å². The van der Waals surface area contributed by atoms with Crippen molar-refractivity contribution in [2.45, 2.75) is 0 Å². The fourth-order valence-corrected chi connectivity index (χ4v) is 0.361. The molecule has 0 spiro atoms. The van der Waals surface area contributed by atoms with E-state index in [0.29, 0.717) is 0 Å². The van der Waals surface area contributed by atoms with Gasteiger partial charge in [0.05, 0.1) is 0 Å². The van der Waals surface area contributed by atoms with Crippen molar-refractivity contribution in [3.63, 3.8) is 0 Å². The number of amidine groups is 1. The third kappa shape index (κ3) is 5.42. The second-order valence-corrected chi connectivity index (χ2v) is 1.98. The average Bonchev–Trinajstić information content (AvgIpc) is 1.21. The van der Waals surface area contributed by atoms with Crippen LogP contribution < -0.4 is 15.5 Å². The van der Waals surface area contributed by atoms with Crippen LogP contribution in [-0.4, -0.2) is 6.02 Å². The molecule has 3 N–H and O–H groups in total. The van der Waals surface area contributed by atoms with Gasteiger partial charge in [0.2, 0.25) is 0 Å². The molecular formula is CH3N2O4P-2. The summed E-state index contributed by atoms with van der Waals surface area (Å²) in [5.74, 6) is 0. The molecule has 0 heterocycles. The van der Waals surface area contributed by atoms with Gasteiger partial charge in [0.15, 0.2) is 0 Å². The lowest BCUT2D eigenvalue weighted by Crippen LogP contribution is -2.23. The zero-order chi connectivity index (χ0) is 6.78. The molecule has 0 fully saturated rings. The largest absolute Gasteiger partial charge is 0.780 e. The highest BCUT2D eigenvalue weighted by Crippen LogP contribution is 2.22. The molecule has 0 aliphatic heterocycles. The highest BCUT2D eigenvalue weighted by Gasteiger charge is 1.89. The fourth-order valence-electron chi connectivity index (χ4n) is 0.120. The molecule has 0 aliphatic carbocycles. The van der Waals surface area contributed by atoms with Crippen molar-refractivity contribution < 1.29 is 18.9 Å². The van der Waals surface area contributed by atoms with Crippen LogP contribution in [0.15, 0.2) is 0 Å². The quantitative estimate of drug-likeness (QED) is 0.240. The lowest BCUT2D eigenvalue weighted by atomic mass is 11.3. The third-order valence-electron chi connectivity index (χ3n) is 0.210. The Morgan fingerprint density at radius 2 is 2.12 bits per heavy atom. The average molecular weight is 138 g/mol. The molecule has 0 amide bonds. The molecule has 0 saturated heterocycles. The molecule has 0 rings (SSSR count). The number of hydrogen-bond acceptors (Lipinski definition) is 5. The second kappa shape index (κ2) is 2.13. The van der Waals surface area contributed by atoms with Crippen molar-refractivity contribution >= 4 is 13.8 Å². The zero-order valence-electron chi connectivity index (χ0n) is 3.66. The van der Waals surface area contributed by atoms with Crippen molar-refractivity contribution in [2.24, 2.45) is 5.73 Å². The van der Waals surface area contributed by atoms with Gasteiger partial charge in [-0.2, -0.15) is 0 Å². The SMILES string of the molecule is N=C(N)OP(=O)([O-])[O-]. The standard InChI is InChI=1S/CH5N2O4P/c2-1(3)7-8(4,5)6/h(H3,2,3)(H2,4,5,6)/p-2. The predicted molar refractivity (Wildman–Crippen MR) is 20.6 cm³/mol. The molecule has 0 saturated carbocycles. The van der Waals surface area contributed by atoms with Gasteiger partial charge in [-0.1, -0.05) is 0 Å². The first-order valence-electron chi connectivity index (χ1n) is 1.47. The third-order valence-corrected chi connectivity index (χ3v) is 0.630. The van der Waals surface area contributed by atoms with Crippen LogP contribution in [0.1, 0.15) is 0 Å². The molecule has 0 aromatic carbocycles. The summed E-state index contributed by atoms with van der Waals surface area (Å²) in [4.78, 5) is 18.9. The number of rotatable bonds is 1. The van der Waals surface area contributed by atoms with E-state index in [1.165, 1.54) is 0 Å². The lowest BCUT2D eigenvalue weighted by molar-refractivity contribution is -0.335. The van der Waals surface area contributed by atoms with Crippen molar-refractivity contribution in [3.8, 4) is 0 Å². The van der Waals surface area contributed by atoms with Crippen LogP contribution >= 0.6 is 7.82 Å². The molecule has 0 bridgehead atoms. The molecule has 7 heteroatoms. The Bertz CT molecular complexity index is 137. The monoisotopic (exact) mass is 138 g/mol. The number of phosphoric ester groups is 1. The van der Waals surface area contributed by atoms with Gasteiger partial charge in [0, 0.05) is 0 Å². The summed E-state index contributed by atoms with van der Waals surface area (Å²) in [5.41, 5.74) is 4.37. The maximum Gasteiger partial charge on any atom is 0.282 e. The van der Waals surface area contributed by atoms with Crippen LogP contribution in [0.5, 0.6) is 0 Å². The van der Waals surface area contributed by atoms with E-state index in [1.807, 2.05) is 0 Å². The van der Waals surface area contributed by atoms with E-state index < -0.39 is 13.8 Å². The first-order valence-corrected chi connectivity index (χ1v) is 2.93. The van der Waals surface area contributed by atoms with Crippen molar-refractivity contribution in [1.82, 2.24) is 0 Å². The van der Waals surface area contributed by atoms with Crippen molar-refractivity contribution in [1.29, 1.82) is 5.41 Å². The van der Waals surface area contributed by atoms with E-state index in [2.05, 4.69) is 10.3 Å². The van der Waals surface area contributed by atoms with Crippen LogP contribution in [0, 0.1) is 5.41 Å². The van der Waals surface area contributed by atoms with Gasteiger partial charge in [-0.3, -0.25) is 5.41 Å². The molecule has 6 nitrogen and oxygen atoms in total. The fraction of sp³-hybridized carbons (Fsp3) is 0. The molecular weight excluding hydrogens is 135 g/mol. The summed E-state index contributed by atoms with van der Waals surface area (Å²) in [6, 6.07) is -1.11. The van der Waals surface area contributed by atoms with Gasteiger partial charge >= 0.3 is 0 Å². The molecule has 0 atom stereocenters. The summed E-state index contributed by atoms with van der Waals surface area (Å²) >= 11 is 0. The number of nitrogens with one attached hydrogen (secondary N) is 1. The summed E-state index contributed by atoms with van der Waals surface area (Å²) in [5, 5.41) is 6.13. The van der Waals surface area contributed by atoms with Gasteiger partial charge in [-0.05, 0) is 0 Å². The minimum atomic E-state index is -5.07.